The summed E-state index contributed by atoms with van der Waals surface area (Å²) in [6.07, 6.45) is 8.19. The van der Waals surface area contributed by atoms with E-state index in [1.54, 1.807) is 24.3 Å². The number of hydrogen-bond acceptors (Lipinski definition) is 15. The van der Waals surface area contributed by atoms with Gasteiger partial charge in [-0.15, -0.1) is 0 Å². The molecule has 1 rings (SSSR count). The first-order valence-corrected chi connectivity index (χ1v) is 19.9. The Labute approximate surface area is 329 Å². The maximum Gasteiger partial charge on any atom is 0.305 e. The largest absolute Gasteiger partial charge is 0.491 e. The molecule has 0 N–H and O–H groups in total. The third kappa shape index (κ3) is 38.4. The summed E-state index contributed by atoms with van der Waals surface area (Å²) in [4.78, 5) is 22.3. The van der Waals surface area contributed by atoms with Crippen LogP contribution in [0.25, 0.3) is 0 Å². The zero-order chi connectivity index (χ0) is 39.4. The van der Waals surface area contributed by atoms with E-state index < -0.39 is 0 Å². The minimum atomic E-state index is -0.147. The van der Waals surface area contributed by atoms with E-state index in [0.717, 1.165) is 19.1 Å². The summed E-state index contributed by atoms with van der Waals surface area (Å²) in [6, 6.07) is 6.93. The maximum atomic E-state index is 11.7. The average molecular weight is 791 g/mol. The Morgan fingerprint density at radius 3 is 1.07 bits per heavy atom. The fraction of sp³-hybridized carbons (Fsp3) is 0.800. The van der Waals surface area contributed by atoms with Gasteiger partial charge in [0.15, 0.2) is 0 Å². The van der Waals surface area contributed by atoms with Crippen molar-refractivity contribution in [2.24, 2.45) is 0 Å². The fourth-order valence-electron chi connectivity index (χ4n) is 4.50. The summed E-state index contributed by atoms with van der Waals surface area (Å²) in [7, 11) is 0. The minimum Gasteiger partial charge on any atom is -0.491 e. The number of carbonyl (C=O) groups is 2. The Bertz CT molecular complexity index is 938. The maximum absolute atomic E-state index is 11.7. The molecule has 55 heavy (non-hydrogen) atoms. The molecule has 0 heterocycles. The van der Waals surface area contributed by atoms with E-state index in [4.69, 9.17) is 61.6 Å². The second-order valence-corrected chi connectivity index (χ2v) is 12.0. The van der Waals surface area contributed by atoms with Crippen LogP contribution < -0.4 is 4.74 Å². The van der Waals surface area contributed by atoms with E-state index in [9.17, 15) is 9.59 Å². The molecular formula is C40H70O15. The molecule has 0 aliphatic rings. The molecule has 1 aromatic carbocycles. The van der Waals surface area contributed by atoms with Crippen molar-refractivity contribution in [2.75, 3.05) is 159 Å². The molecule has 0 saturated carbocycles. The third-order valence-corrected chi connectivity index (χ3v) is 7.46. The van der Waals surface area contributed by atoms with Gasteiger partial charge in [0.25, 0.3) is 0 Å². The van der Waals surface area contributed by atoms with Crippen molar-refractivity contribution in [1.82, 2.24) is 0 Å². The summed E-state index contributed by atoms with van der Waals surface area (Å²) in [6.45, 7) is 13.4. The van der Waals surface area contributed by atoms with Gasteiger partial charge in [-0.1, -0.05) is 39.0 Å². The summed E-state index contributed by atoms with van der Waals surface area (Å²) < 4.78 is 71.0. The van der Waals surface area contributed by atoms with Crippen molar-refractivity contribution < 1.29 is 71.2 Å². The van der Waals surface area contributed by atoms with E-state index >= 15 is 0 Å². The summed E-state index contributed by atoms with van der Waals surface area (Å²) in [5.74, 6) is 0.553. The molecule has 0 amide bonds. The second kappa shape index (κ2) is 42.9. The van der Waals surface area contributed by atoms with Gasteiger partial charge < -0.3 is 61.6 Å². The predicted octanol–water partition coefficient (Wildman–Crippen LogP) is 4.35. The molecule has 0 unspecified atom stereocenters. The van der Waals surface area contributed by atoms with Crippen LogP contribution >= 0.6 is 0 Å². The molecule has 1 aromatic rings. The molecule has 0 aromatic heterocycles. The third-order valence-electron chi connectivity index (χ3n) is 7.46. The average Bonchev–Trinajstić information content (AvgIpc) is 3.20. The SMILES string of the molecule is CCCCCCCCC(=O)OCCOCCOCCOCCOCCOCCOCCOCCOCCOCCOCCOCCOc1ccc(C=O)cc1. The standard InChI is InChI=1S/C40H70O15/c1-2-3-4-5-6-7-8-40(42)55-36-34-53-32-30-51-28-26-49-24-22-47-20-18-45-16-14-43-13-15-44-17-19-46-21-23-48-25-27-50-29-31-52-33-35-54-39-11-9-38(37-41)10-12-39/h9-12,37H,2-8,13-36H2,1H3. The normalized spacial score (nSPS) is 11.3. The van der Waals surface area contributed by atoms with Crippen molar-refractivity contribution in [3.05, 3.63) is 29.8 Å². The van der Waals surface area contributed by atoms with Crippen LogP contribution in [0.1, 0.15) is 62.2 Å². The Balaban J connectivity index is 1.63. The lowest BCUT2D eigenvalue weighted by molar-refractivity contribution is -0.145. The van der Waals surface area contributed by atoms with Gasteiger partial charge in [0, 0.05) is 12.0 Å². The van der Waals surface area contributed by atoms with Crippen LogP contribution in [0.5, 0.6) is 5.75 Å². The van der Waals surface area contributed by atoms with Crippen LogP contribution in [0, 0.1) is 0 Å². The van der Waals surface area contributed by atoms with Crippen molar-refractivity contribution in [3.63, 3.8) is 0 Å². The predicted molar refractivity (Wildman–Crippen MR) is 205 cm³/mol. The first-order valence-electron chi connectivity index (χ1n) is 19.9. The molecule has 0 fully saturated rings. The molecule has 15 heteroatoms. The Kier molecular flexibility index (Phi) is 39.5. The number of hydrogen-bond donors (Lipinski definition) is 0. The van der Waals surface area contributed by atoms with Crippen molar-refractivity contribution in [3.8, 4) is 5.75 Å². The van der Waals surface area contributed by atoms with Crippen molar-refractivity contribution in [1.29, 1.82) is 0 Å². The number of ether oxygens (including phenoxy) is 13. The first kappa shape index (κ1) is 50.7. The Hall–Kier alpha value is -2.28. The number of carbonyl (C=O) groups excluding carboxylic acids is 2. The molecule has 0 spiro atoms. The van der Waals surface area contributed by atoms with Gasteiger partial charge in [-0.05, 0) is 30.7 Å². The van der Waals surface area contributed by atoms with E-state index in [1.165, 1.54) is 25.7 Å². The molecule has 0 bridgehead atoms. The molecule has 0 saturated heterocycles. The number of aldehydes is 1. The van der Waals surface area contributed by atoms with Gasteiger partial charge in [-0.25, -0.2) is 0 Å². The highest BCUT2D eigenvalue weighted by Gasteiger charge is 2.03. The molecule has 320 valence electrons. The minimum absolute atomic E-state index is 0.147. The zero-order valence-corrected chi connectivity index (χ0v) is 33.4. The Morgan fingerprint density at radius 2 is 0.727 bits per heavy atom. The van der Waals surface area contributed by atoms with Crippen LogP contribution in [0.4, 0.5) is 0 Å². The number of esters is 1. The van der Waals surface area contributed by atoms with Crippen molar-refractivity contribution in [2.45, 2.75) is 51.9 Å². The number of unbranched alkanes of at least 4 members (excludes halogenated alkanes) is 5. The van der Waals surface area contributed by atoms with E-state index in [1.807, 2.05) is 0 Å². The quantitative estimate of drug-likeness (QED) is 0.0522. The summed E-state index contributed by atoms with van der Waals surface area (Å²) in [5.41, 5.74) is 0.615. The van der Waals surface area contributed by atoms with E-state index in [-0.39, 0.29) is 12.6 Å². The second-order valence-electron chi connectivity index (χ2n) is 12.0. The van der Waals surface area contributed by atoms with Crippen LogP contribution in [0.3, 0.4) is 0 Å². The zero-order valence-electron chi connectivity index (χ0n) is 33.4. The van der Waals surface area contributed by atoms with Gasteiger partial charge in [0.1, 0.15) is 25.2 Å². The Morgan fingerprint density at radius 1 is 0.418 bits per heavy atom. The molecule has 0 aliphatic carbocycles. The monoisotopic (exact) mass is 790 g/mol. The highest BCUT2D eigenvalue weighted by atomic mass is 16.6. The highest BCUT2D eigenvalue weighted by molar-refractivity contribution is 5.74. The van der Waals surface area contributed by atoms with Crippen LogP contribution in [0.2, 0.25) is 0 Å². The van der Waals surface area contributed by atoms with Gasteiger partial charge in [-0.2, -0.15) is 0 Å². The van der Waals surface area contributed by atoms with E-state index in [0.29, 0.717) is 170 Å². The van der Waals surface area contributed by atoms with Gasteiger partial charge in [0.2, 0.25) is 0 Å². The van der Waals surface area contributed by atoms with E-state index in [2.05, 4.69) is 6.92 Å². The van der Waals surface area contributed by atoms with Crippen LogP contribution in [-0.4, -0.2) is 171 Å². The van der Waals surface area contributed by atoms with Crippen LogP contribution in [-0.2, 0) is 61.6 Å². The van der Waals surface area contributed by atoms with Crippen LogP contribution in [0.15, 0.2) is 24.3 Å². The first-order chi connectivity index (χ1) is 27.3. The van der Waals surface area contributed by atoms with Gasteiger partial charge >= 0.3 is 5.97 Å². The highest BCUT2D eigenvalue weighted by Crippen LogP contribution is 2.11. The molecule has 0 aliphatic heterocycles. The topological polar surface area (TPSA) is 154 Å². The number of rotatable bonds is 45. The van der Waals surface area contributed by atoms with Gasteiger partial charge in [0.05, 0.1) is 145 Å². The molecular weight excluding hydrogens is 720 g/mol. The fourth-order valence-corrected chi connectivity index (χ4v) is 4.50. The molecule has 0 radical (unpaired) electrons. The smallest absolute Gasteiger partial charge is 0.305 e. The van der Waals surface area contributed by atoms with Crippen molar-refractivity contribution >= 4 is 12.3 Å². The summed E-state index contributed by atoms with van der Waals surface area (Å²) >= 11 is 0. The van der Waals surface area contributed by atoms with Gasteiger partial charge in [-0.3, -0.25) is 9.59 Å². The summed E-state index contributed by atoms with van der Waals surface area (Å²) in [5, 5.41) is 0. The molecule has 15 nitrogen and oxygen atoms in total. The lowest BCUT2D eigenvalue weighted by Crippen LogP contribution is -2.16. The number of benzene rings is 1. The lowest BCUT2D eigenvalue weighted by atomic mass is 10.1. The molecule has 0 atom stereocenters. The lowest BCUT2D eigenvalue weighted by Gasteiger charge is -2.09.